The predicted octanol–water partition coefficient (Wildman–Crippen LogP) is 3.83. The molecule has 2 aromatic heterocycles. The summed E-state index contributed by atoms with van der Waals surface area (Å²) in [6.45, 7) is 0. The molecule has 0 bridgehead atoms. The summed E-state index contributed by atoms with van der Waals surface area (Å²) in [7, 11) is 0. The van der Waals surface area contributed by atoms with Gasteiger partial charge >= 0.3 is 12.0 Å². The van der Waals surface area contributed by atoms with Crippen molar-refractivity contribution in [3.05, 3.63) is 60.1 Å². The zero-order valence-corrected chi connectivity index (χ0v) is 13.7. The fourth-order valence-electron chi connectivity index (χ4n) is 2.08. The van der Waals surface area contributed by atoms with E-state index in [4.69, 9.17) is 0 Å². The summed E-state index contributed by atoms with van der Waals surface area (Å²) in [5, 5.41) is 14.1. The number of carbonyl (C=O) groups excluding carboxylic acids is 1. The fourth-order valence-corrected chi connectivity index (χ4v) is 3.15. The number of carboxylic acids is 1. The number of aromatic nitrogens is 2. The number of hydrogen-bond acceptors (Lipinski definition) is 5. The number of hydrogen-bond donors (Lipinski definition) is 3. The first-order chi connectivity index (χ1) is 12.4. The van der Waals surface area contributed by atoms with Crippen LogP contribution in [0.5, 0.6) is 0 Å². The van der Waals surface area contributed by atoms with Crippen molar-refractivity contribution in [2.24, 2.45) is 0 Å². The topological polar surface area (TPSA) is 104 Å². The first kappa shape index (κ1) is 17.4. The minimum Gasteiger partial charge on any atom is -0.478 e. The van der Waals surface area contributed by atoms with Crippen molar-refractivity contribution >= 4 is 34.2 Å². The van der Waals surface area contributed by atoms with E-state index in [2.05, 4.69) is 20.6 Å². The van der Waals surface area contributed by atoms with Crippen molar-refractivity contribution < 1.29 is 23.5 Å². The van der Waals surface area contributed by atoms with E-state index in [1.54, 1.807) is 0 Å². The lowest BCUT2D eigenvalue weighted by Crippen LogP contribution is -2.20. The Morgan fingerprint density at radius 3 is 2.58 bits per heavy atom. The number of thiophene rings is 1. The van der Waals surface area contributed by atoms with Crippen LogP contribution >= 0.6 is 11.3 Å². The SMILES string of the molecule is O=C(Nc1cnccn1)Nc1sc(-c2ccc(F)cc2F)cc1C(=O)O. The summed E-state index contributed by atoms with van der Waals surface area (Å²) >= 11 is 0.849. The van der Waals surface area contributed by atoms with Crippen LogP contribution in [0.15, 0.2) is 42.9 Å². The Morgan fingerprint density at radius 1 is 1.12 bits per heavy atom. The smallest absolute Gasteiger partial charge is 0.338 e. The third-order valence-electron chi connectivity index (χ3n) is 3.19. The van der Waals surface area contributed by atoms with Gasteiger partial charge in [0.2, 0.25) is 0 Å². The molecule has 1 aromatic carbocycles. The van der Waals surface area contributed by atoms with E-state index in [0.717, 1.165) is 17.4 Å². The molecular formula is C16H10F2N4O3S. The summed E-state index contributed by atoms with van der Waals surface area (Å²) in [5.74, 6) is -2.71. The third kappa shape index (κ3) is 3.81. The number of urea groups is 1. The zero-order chi connectivity index (χ0) is 18.7. The molecule has 0 saturated carbocycles. The number of carbonyl (C=O) groups is 2. The summed E-state index contributed by atoms with van der Waals surface area (Å²) < 4.78 is 27.0. The van der Waals surface area contributed by atoms with E-state index in [0.29, 0.717) is 6.07 Å². The quantitative estimate of drug-likeness (QED) is 0.642. The fraction of sp³-hybridized carbons (Fsp3) is 0. The second kappa shape index (κ2) is 7.23. The van der Waals surface area contributed by atoms with E-state index in [-0.39, 0.29) is 26.8 Å². The second-order valence-corrected chi connectivity index (χ2v) is 6.00. The molecule has 26 heavy (non-hydrogen) atoms. The Hall–Kier alpha value is -3.40. The van der Waals surface area contributed by atoms with Crippen LogP contribution in [0.3, 0.4) is 0 Å². The number of anilines is 2. The maximum Gasteiger partial charge on any atom is 0.338 e. The molecule has 3 rings (SSSR count). The highest BCUT2D eigenvalue weighted by molar-refractivity contribution is 7.20. The van der Waals surface area contributed by atoms with Crippen LogP contribution in [-0.4, -0.2) is 27.1 Å². The zero-order valence-electron chi connectivity index (χ0n) is 12.9. The lowest BCUT2D eigenvalue weighted by Gasteiger charge is -2.05. The molecule has 0 aliphatic carbocycles. The molecule has 0 unspecified atom stereocenters. The standard InChI is InChI=1S/C16H10F2N4O3S/c17-8-1-2-9(11(18)5-8)12-6-10(15(23)24)14(26-12)22-16(25)21-13-7-19-3-4-20-13/h1-7H,(H,23,24)(H2,20,21,22,25). The molecule has 132 valence electrons. The van der Waals surface area contributed by atoms with Gasteiger partial charge in [0.1, 0.15) is 16.6 Å². The Labute approximate surface area is 149 Å². The van der Waals surface area contributed by atoms with Crippen LogP contribution in [0.2, 0.25) is 0 Å². The van der Waals surface area contributed by atoms with Crippen LogP contribution in [0.1, 0.15) is 10.4 Å². The van der Waals surface area contributed by atoms with Gasteiger partial charge in [-0.1, -0.05) is 0 Å². The molecule has 0 radical (unpaired) electrons. The van der Waals surface area contributed by atoms with Crippen LogP contribution in [0.25, 0.3) is 10.4 Å². The monoisotopic (exact) mass is 376 g/mol. The molecule has 3 N–H and O–H groups in total. The van der Waals surface area contributed by atoms with Gasteiger partial charge in [0.05, 0.1) is 11.8 Å². The van der Waals surface area contributed by atoms with E-state index >= 15 is 0 Å². The van der Waals surface area contributed by atoms with Crippen molar-refractivity contribution in [3.8, 4) is 10.4 Å². The van der Waals surface area contributed by atoms with Gasteiger partial charge in [-0.2, -0.15) is 0 Å². The third-order valence-corrected chi connectivity index (χ3v) is 4.27. The normalized spacial score (nSPS) is 10.4. The maximum absolute atomic E-state index is 13.9. The summed E-state index contributed by atoms with van der Waals surface area (Å²) in [4.78, 5) is 31.3. The molecule has 0 aliphatic rings. The van der Waals surface area contributed by atoms with Gasteiger partial charge in [0.25, 0.3) is 0 Å². The minimum atomic E-state index is -1.30. The highest BCUT2D eigenvalue weighted by Crippen LogP contribution is 2.37. The van der Waals surface area contributed by atoms with E-state index in [1.165, 1.54) is 30.7 Å². The van der Waals surface area contributed by atoms with Crippen molar-refractivity contribution in [2.75, 3.05) is 10.6 Å². The van der Waals surface area contributed by atoms with Crippen LogP contribution in [-0.2, 0) is 0 Å². The number of rotatable bonds is 4. The predicted molar refractivity (Wildman–Crippen MR) is 91.3 cm³/mol. The number of amides is 2. The van der Waals surface area contributed by atoms with Crippen molar-refractivity contribution in [2.45, 2.75) is 0 Å². The van der Waals surface area contributed by atoms with Gasteiger partial charge in [0.15, 0.2) is 5.82 Å². The summed E-state index contributed by atoms with van der Waals surface area (Å²) in [6.07, 6.45) is 4.11. The number of nitrogens with zero attached hydrogens (tertiary/aromatic N) is 2. The van der Waals surface area contributed by atoms with Crippen LogP contribution in [0, 0.1) is 11.6 Å². The Balaban J connectivity index is 1.88. The van der Waals surface area contributed by atoms with Crippen LogP contribution < -0.4 is 10.6 Å². The molecule has 7 nitrogen and oxygen atoms in total. The van der Waals surface area contributed by atoms with Gasteiger partial charge in [-0.05, 0) is 18.2 Å². The highest BCUT2D eigenvalue weighted by atomic mass is 32.1. The number of halogens is 2. The maximum atomic E-state index is 13.9. The molecule has 0 fully saturated rings. The molecule has 2 heterocycles. The number of nitrogens with one attached hydrogen (secondary N) is 2. The van der Waals surface area contributed by atoms with Crippen molar-refractivity contribution in [1.82, 2.24) is 9.97 Å². The van der Waals surface area contributed by atoms with Gasteiger partial charge < -0.3 is 5.11 Å². The largest absolute Gasteiger partial charge is 0.478 e. The van der Waals surface area contributed by atoms with Crippen LogP contribution in [0.4, 0.5) is 24.4 Å². The van der Waals surface area contributed by atoms with E-state index < -0.39 is 23.6 Å². The number of aromatic carboxylic acids is 1. The second-order valence-electron chi connectivity index (χ2n) is 4.95. The molecule has 0 saturated heterocycles. The average Bonchev–Trinajstić information content (AvgIpc) is 2.99. The Morgan fingerprint density at radius 2 is 1.92 bits per heavy atom. The van der Waals surface area contributed by atoms with E-state index in [1.807, 2.05) is 0 Å². The van der Waals surface area contributed by atoms with Gasteiger partial charge in [-0.25, -0.2) is 23.4 Å². The van der Waals surface area contributed by atoms with E-state index in [9.17, 15) is 23.5 Å². The van der Waals surface area contributed by atoms with Gasteiger partial charge in [0, 0.05) is 28.9 Å². The lowest BCUT2D eigenvalue weighted by atomic mass is 10.1. The van der Waals surface area contributed by atoms with Crippen molar-refractivity contribution in [3.63, 3.8) is 0 Å². The summed E-state index contributed by atoms with van der Waals surface area (Å²) in [5.41, 5.74) is -0.190. The van der Waals surface area contributed by atoms with Crippen molar-refractivity contribution in [1.29, 1.82) is 0 Å². The minimum absolute atomic E-state index is 0.00221. The first-order valence-corrected chi connectivity index (χ1v) is 7.92. The number of benzene rings is 1. The average molecular weight is 376 g/mol. The Kier molecular flexibility index (Phi) is 4.85. The lowest BCUT2D eigenvalue weighted by molar-refractivity contribution is 0.0698. The van der Waals surface area contributed by atoms with Gasteiger partial charge in [-0.15, -0.1) is 11.3 Å². The number of carboxylic acid groups (broad SMARTS) is 1. The molecule has 10 heteroatoms. The highest BCUT2D eigenvalue weighted by Gasteiger charge is 2.20. The first-order valence-electron chi connectivity index (χ1n) is 7.10. The molecule has 0 atom stereocenters. The molecule has 0 aliphatic heterocycles. The molecular weight excluding hydrogens is 366 g/mol. The molecule has 0 spiro atoms. The molecule has 3 aromatic rings. The summed E-state index contributed by atoms with van der Waals surface area (Å²) in [6, 6.07) is 3.43. The molecule has 2 amide bonds. The van der Waals surface area contributed by atoms with Gasteiger partial charge in [-0.3, -0.25) is 15.6 Å². The Bertz CT molecular complexity index is 979.